The molecule has 1 atom stereocenters. The zero-order chi connectivity index (χ0) is 15.6. The summed E-state index contributed by atoms with van der Waals surface area (Å²) in [4.78, 5) is 20.5. The molecule has 0 aromatic carbocycles. The lowest BCUT2D eigenvalue weighted by molar-refractivity contribution is -0.132. The van der Waals surface area contributed by atoms with E-state index in [1.54, 1.807) is 11.1 Å². The summed E-state index contributed by atoms with van der Waals surface area (Å²) in [5.41, 5.74) is -0.795. The van der Waals surface area contributed by atoms with Crippen molar-refractivity contribution < 1.29 is 14.6 Å². The van der Waals surface area contributed by atoms with Gasteiger partial charge in [0.2, 0.25) is 5.91 Å². The first-order valence-corrected chi connectivity index (χ1v) is 7.84. The van der Waals surface area contributed by atoms with E-state index >= 15 is 0 Å². The summed E-state index contributed by atoms with van der Waals surface area (Å²) < 4.78 is 7.16. The summed E-state index contributed by atoms with van der Waals surface area (Å²) in [5, 5.41) is 10.7. The van der Waals surface area contributed by atoms with E-state index in [0.717, 1.165) is 32.1 Å². The zero-order valence-corrected chi connectivity index (χ0v) is 13.1. The Kier molecular flexibility index (Phi) is 4.46. The third-order valence-corrected chi connectivity index (χ3v) is 4.54. The molecule has 0 radical (unpaired) electrons. The second-order valence-electron chi connectivity index (χ2n) is 6.28. The number of aryl methyl sites for hydroxylation is 1. The molecule has 1 N–H and O–H groups in total. The fourth-order valence-electron chi connectivity index (χ4n) is 3.19. The Labute approximate surface area is 130 Å². The van der Waals surface area contributed by atoms with Crippen LogP contribution in [0.5, 0.6) is 0 Å². The molecule has 22 heavy (non-hydrogen) atoms. The summed E-state index contributed by atoms with van der Waals surface area (Å²) in [6.07, 6.45) is 4.14. The predicted octanol–water partition coefficient (Wildman–Crippen LogP) is -0.513. The van der Waals surface area contributed by atoms with Crippen LogP contribution in [0.1, 0.15) is 12.2 Å². The van der Waals surface area contributed by atoms with E-state index in [2.05, 4.69) is 9.88 Å². The highest BCUT2D eigenvalue weighted by Crippen LogP contribution is 2.23. The molecular formula is C15H24N4O3. The lowest BCUT2D eigenvalue weighted by Crippen LogP contribution is -2.49. The van der Waals surface area contributed by atoms with Crippen molar-refractivity contribution in [3.63, 3.8) is 0 Å². The monoisotopic (exact) mass is 308 g/mol. The summed E-state index contributed by atoms with van der Waals surface area (Å²) >= 11 is 0. The summed E-state index contributed by atoms with van der Waals surface area (Å²) in [6, 6.07) is 0. The molecule has 0 bridgehead atoms. The number of nitrogens with zero attached hydrogens (tertiary/aromatic N) is 4. The highest BCUT2D eigenvalue weighted by molar-refractivity contribution is 5.76. The lowest BCUT2D eigenvalue weighted by Gasteiger charge is -2.33. The van der Waals surface area contributed by atoms with E-state index < -0.39 is 5.60 Å². The van der Waals surface area contributed by atoms with Gasteiger partial charge in [-0.2, -0.15) is 0 Å². The van der Waals surface area contributed by atoms with E-state index in [-0.39, 0.29) is 5.91 Å². The van der Waals surface area contributed by atoms with Crippen LogP contribution in [0.15, 0.2) is 12.4 Å². The maximum Gasteiger partial charge on any atom is 0.242 e. The van der Waals surface area contributed by atoms with Crippen LogP contribution < -0.4 is 0 Å². The van der Waals surface area contributed by atoms with Crippen molar-refractivity contribution in [3.8, 4) is 0 Å². The number of aromatic nitrogens is 2. The smallest absolute Gasteiger partial charge is 0.242 e. The molecule has 2 fully saturated rings. The second kappa shape index (κ2) is 6.36. The maximum atomic E-state index is 12.4. The van der Waals surface area contributed by atoms with Gasteiger partial charge in [-0.25, -0.2) is 4.98 Å². The number of amides is 1. The fraction of sp³-hybridized carbons (Fsp3) is 0.733. The summed E-state index contributed by atoms with van der Waals surface area (Å²) in [5.74, 6) is 0.870. The fourth-order valence-corrected chi connectivity index (χ4v) is 3.19. The first-order chi connectivity index (χ1) is 10.6. The molecule has 1 aromatic rings. The van der Waals surface area contributed by atoms with Crippen LogP contribution in [0.4, 0.5) is 0 Å². The summed E-state index contributed by atoms with van der Waals surface area (Å²) in [7, 11) is 0. The molecule has 7 heteroatoms. The Balaban J connectivity index is 1.54. The van der Waals surface area contributed by atoms with E-state index in [1.165, 1.54) is 0 Å². The van der Waals surface area contributed by atoms with Crippen LogP contribution in [0.2, 0.25) is 0 Å². The molecule has 3 heterocycles. The number of hydrogen-bond donors (Lipinski definition) is 1. The van der Waals surface area contributed by atoms with Gasteiger partial charge in [0, 0.05) is 38.6 Å². The molecule has 1 amide bonds. The molecule has 0 spiro atoms. The van der Waals surface area contributed by atoms with Gasteiger partial charge in [-0.05, 0) is 13.3 Å². The lowest BCUT2D eigenvalue weighted by atomic mass is 10.0. The topological polar surface area (TPSA) is 70.8 Å². The van der Waals surface area contributed by atoms with Crippen LogP contribution in [0, 0.1) is 6.92 Å². The molecule has 2 saturated heterocycles. The minimum atomic E-state index is -0.795. The number of rotatable bonds is 4. The van der Waals surface area contributed by atoms with Crippen LogP contribution in [-0.2, 0) is 16.1 Å². The Bertz CT molecular complexity index is 527. The minimum absolute atomic E-state index is 0.0407. The van der Waals surface area contributed by atoms with Crippen molar-refractivity contribution in [2.45, 2.75) is 25.5 Å². The number of likely N-dealkylation sites (tertiary alicyclic amines) is 1. The molecule has 2 aliphatic heterocycles. The number of imidazole rings is 1. The highest BCUT2D eigenvalue weighted by Gasteiger charge is 2.39. The molecule has 3 rings (SSSR count). The van der Waals surface area contributed by atoms with E-state index in [1.807, 2.05) is 17.7 Å². The van der Waals surface area contributed by atoms with Gasteiger partial charge < -0.3 is 19.3 Å². The third kappa shape index (κ3) is 3.48. The van der Waals surface area contributed by atoms with Gasteiger partial charge in [-0.15, -0.1) is 0 Å². The number of morpholine rings is 1. The van der Waals surface area contributed by atoms with Gasteiger partial charge in [0.25, 0.3) is 0 Å². The number of carbonyl (C=O) groups excluding carboxylic acids is 1. The third-order valence-electron chi connectivity index (χ3n) is 4.54. The molecule has 0 saturated carbocycles. The second-order valence-corrected chi connectivity index (χ2v) is 6.28. The van der Waals surface area contributed by atoms with Crippen molar-refractivity contribution in [1.29, 1.82) is 0 Å². The maximum absolute atomic E-state index is 12.4. The average Bonchev–Trinajstić information content (AvgIpc) is 3.07. The quantitative estimate of drug-likeness (QED) is 0.811. The largest absolute Gasteiger partial charge is 0.387 e. The highest BCUT2D eigenvalue weighted by atomic mass is 16.5. The Morgan fingerprint density at radius 3 is 2.86 bits per heavy atom. The number of ether oxygens (including phenoxy) is 1. The first kappa shape index (κ1) is 15.5. The normalized spacial score (nSPS) is 26.5. The number of aliphatic hydroxyl groups is 1. The Morgan fingerprint density at radius 2 is 2.18 bits per heavy atom. The first-order valence-electron chi connectivity index (χ1n) is 7.84. The molecule has 1 aromatic heterocycles. The van der Waals surface area contributed by atoms with Crippen molar-refractivity contribution in [2.24, 2.45) is 0 Å². The van der Waals surface area contributed by atoms with Gasteiger partial charge in [0.1, 0.15) is 12.4 Å². The molecule has 0 aliphatic carbocycles. The van der Waals surface area contributed by atoms with E-state index in [0.29, 0.717) is 32.6 Å². The van der Waals surface area contributed by atoms with E-state index in [4.69, 9.17) is 4.74 Å². The van der Waals surface area contributed by atoms with Crippen LogP contribution >= 0.6 is 0 Å². The average molecular weight is 308 g/mol. The Hall–Kier alpha value is -1.44. The molecule has 0 unspecified atom stereocenters. The summed E-state index contributed by atoms with van der Waals surface area (Å²) in [6.45, 7) is 6.96. The van der Waals surface area contributed by atoms with Crippen molar-refractivity contribution in [2.75, 3.05) is 45.9 Å². The number of carbonyl (C=O) groups is 1. The van der Waals surface area contributed by atoms with Crippen molar-refractivity contribution in [3.05, 3.63) is 18.2 Å². The SMILES string of the molecule is Cc1nccn1CC(=O)N1CC[C@@](O)(CN2CCOCC2)C1. The van der Waals surface area contributed by atoms with Gasteiger partial charge >= 0.3 is 0 Å². The van der Waals surface area contributed by atoms with Crippen molar-refractivity contribution in [1.82, 2.24) is 19.4 Å². The Morgan fingerprint density at radius 1 is 1.41 bits per heavy atom. The number of hydrogen-bond acceptors (Lipinski definition) is 5. The van der Waals surface area contributed by atoms with Crippen molar-refractivity contribution >= 4 is 5.91 Å². The van der Waals surface area contributed by atoms with Gasteiger partial charge in [0.05, 0.1) is 25.4 Å². The minimum Gasteiger partial charge on any atom is -0.387 e. The van der Waals surface area contributed by atoms with Crippen LogP contribution in [0.25, 0.3) is 0 Å². The van der Waals surface area contributed by atoms with Gasteiger partial charge in [-0.3, -0.25) is 9.69 Å². The zero-order valence-electron chi connectivity index (χ0n) is 13.1. The van der Waals surface area contributed by atoms with Crippen LogP contribution in [-0.4, -0.2) is 81.9 Å². The molecule has 2 aliphatic rings. The molecule has 7 nitrogen and oxygen atoms in total. The molecular weight excluding hydrogens is 284 g/mol. The van der Waals surface area contributed by atoms with Gasteiger partial charge in [-0.1, -0.05) is 0 Å². The van der Waals surface area contributed by atoms with E-state index in [9.17, 15) is 9.90 Å². The standard InChI is InChI=1S/C15H24N4O3/c1-13-16-3-5-18(13)10-14(20)19-4-2-15(21,12-19)11-17-6-8-22-9-7-17/h3,5,21H,2,4,6-12H2,1H3/t15-/m1/s1. The number of β-amino-alcohol motifs (C(OH)–C–C–N with tert-alkyl or cyclic N) is 1. The molecule has 122 valence electrons. The van der Waals surface area contributed by atoms with Crippen LogP contribution in [0.3, 0.4) is 0 Å². The predicted molar refractivity (Wildman–Crippen MR) is 80.4 cm³/mol. The van der Waals surface area contributed by atoms with Gasteiger partial charge in [0.15, 0.2) is 0 Å².